The maximum absolute atomic E-state index is 11.7. The van der Waals surface area contributed by atoms with Crippen LogP contribution in [0.4, 0.5) is 0 Å². The van der Waals surface area contributed by atoms with Crippen LogP contribution in [0.15, 0.2) is 36.4 Å². The third-order valence-electron chi connectivity index (χ3n) is 3.79. The summed E-state index contributed by atoms with van der Waals surface area (Å²) in [5.74, 6) is -0.0723. The highest BCUT2D eigenvalue weighted by atomic mass is 16.5. The molecule has 1 unspecified atom stereocenters. The van der Waals surface area contributed by atoms with Gasteiger partial charge in [-0.3, -0.25) is 4.79 Å². The summed E-state index contributed by atoms with van der Waals surface area (Å²) in [6.07, 6.45) is 5.90. The zero-order chi connectivity index (χ0) is 17.2. The number of carbonyl (C=O) groups is 1. The molecule has 132 valence electrons. The zero-order valence-electron chi connectivity index (χ0n) is 14.7. The first-order valence-corrected chi connectivity index (χ1v) is 8.50. The van der Waals surface area contributed by atoms with E-state index >= 15 is 0 Å². The third-order valence-corrected chi connectivity index (χ3v) is 3.79. The van der Waals surface area contributed by atoms with E-state index in [1.807, 2.05) is 43.3 Å². The van der Waals surface area contributed by atoms with E-state index in [0.717, 1.165) is 37.1 Å². The van der Waals surface area contributed by atoms with Crippen LogP contribution in [0.25, 0.3) is 0 Å². The summed E-state index contributed by atoms with van der Waals surface area (Å²) in [6.45, 7) is 3.35. The second kappa shape index (κ2) is 10.2. The van der Waals surface area contributed by atoms with E-state index in [1.165, 1.54) is 0 Å². The largest absolute Gasteiger partial charge is 0.376 e. The molecule has 1 aromatic rings. The van der Waals surface area contributed by atoms with Crippen molar-refractivity contribution in [1.82, 2.24) is 10.2 Å². The van der Waals surface area contributed by atoms with Crippen LogP contribution in [0, 0.1) is 0 Å². The summed E-state index contributed by atoms with van der Waals surface area (Å²) in [6, 6.07) is 8.11. The van der Waals surface area contributed by atoms with Gasteiger partial charge in [-0.05, 0) is 38.1 Å². The minimum Gasteiger partial charge on any atom is -0.376 e. The molecule has 0 bridgehead atoms. The van der Waals surface area contributed by atoms with Crippen LogP contribution in [0.2, 0.25) is 0 Å². The first-order chi connectivity index (χ1) is 11.6. The van der Waals surface area contributed by atoms with Crippen molar-refractivity contribution in [3.63, 3.8) is 0 Å². The standard InChI is InChI=1S/C19H28N2O3/c1-21(2)10-4-9-19(22)20-13-16-6-3-7-17(12-16)14-23-15-18-8-5-11-24-18/h3-4,6-7,9,12,18H,5,8,10-11,13-15H2,1-2H3,(H,20,22)/b9-4+. The van der Waals surface area contributed by atoms with E-state index in [9.17, 15) is 4.79 Å². The van der Waals surface area contributed by atoms with Gasteiger partial charge in [-0.1, -0.05) is 30.3 Å². The molecule has 2 rings (SSSR count). The molecular formula is C19H28N2O3. The second-order valence-corrected chi connectivity index (χ2v) is 6.35. The van der Waals surface area contributed by atoms with Gasteiger partial charge in [0.2, 0.25) is 5.91 Å². The fourth-order valence-electron chi connectivity index (χ4n) is 2.53. The SMILES string of the molecule is CN(C)C/C=C/C(=O)NCc1cccc(COCC2CCCO2)c1. The molecule has 0 aromatic heterocycles. The number of rotatable bonds is 9. The Balaban J connectivity index is 1.71. The fourth-order valence-corrected chi connectivity index (χ4v) is 2.53. The maximum atomic E-state index is 11.7. The highest BCUT2D eigenvalue weighted by molar-refractivity contribution is 5.87. The molecule has 5 heteroatoms. The number of nitrogens with one attached hydrogen (secondary N) is 1. The maximum Gasteiger partial charge on any atom is 0.243 e. The minimum absolute atomic E-state index is 0.0723. The highest BCUT2D eigenvalue weighted by Crippen LogP contribution is 2.13. The first-order valence-electron chi connectivity index (χ1n) is 8.50. The molecule has 0 spiro atoms. The molecule has 24 heavy (non-hydrogen) atoms. The van der Waals surface area contributed by atoms with Gasteiger partial charge in [0.1, 0.15) is 0 Å². The van der Waals surface area contributed by atoms with Crippen molar-refractivity contribution in [2.75, 3.05) is 33.9 Å². The summed E-state index contributed by atoms with van der Waals surface area (Å²) in [4.78, 5) is 13.8. The number of benzene rings is 1. The molecule has 1 N–H and O–H groups in total. The smallest absolute Gasteiger partial charge is 0.243 e. The molecule has 1 fully saturated rings. The number of hydrogen-bond acceptors (Lipinski definition) is 4. The van der Waals surface area contributed by atoms with Crippen LogP contribution in [0.1, 0.15) is 24.0 Å². The Morgan fingerprint density at radius 1 is 1.42 bits per heavy atom. The Hall–Kier alpha value is -1.69. The molecule has 1 aromatic carbocycles. The molecule has 1 aliphatic rings. The topological polar surface area (TPSA) is 50.8 Å². The van der Waals surface area contributed by atoms with Gasteiger partial charge >= 0.3 is 0 Å². The van der Waals surface area contributed by atoms with Crippen molar-refractivity contribution in [2.24, 2.45) is 0 Å². The Morgan fingerprint density at radius 3 is 3.00 bits per heavy atom. The first kappa shape index (κ1) is 18.6. The summed E-state index contributed by atoms with van der Waals surface area (Å²) in [5, 5.41) is 2.90. The predicted octanol–water partition coefficient (Wildman–Crippen LogP) is 2.12. The fraction of sp³-hybridized carbons (Fsp3) is 0.526. The molecule has 1 aliphatic heterocycles. The van der Waals surface area contributed by atoms with E-state index in [2.05, 4.69) is 11.4 Å². The van der Waals surface area contributed by atoms with Gasteiger partial charge in [-0.25, -0.2) is 0 Å². The number of amides is 1. The van der Waals surface area contributed by atoms with Crippen molar-refractivity contribution in [3.05, 3.63) is 47.5 Å². The van der Waals surface area contributed by atoms with E-state index in [4.69, 9.17) is 9.47 Å². The van der Waals surface area contributed by atoms with Crippen LogP contribution in [-0.4, -0.2) is 50.8 Å². The Kier molecular flexibility index (Phi) is 7.95. The van der Waals surface area contributed by atoms with Gasteiger partial charge in [0, 0.05) is 25.8 Å². The average Bonchev–Trinajstić information content (AvgIpc) is 3.06. The number of carbonyl (C=O) groups excluding carboxylic acids is 1. The molecule has 1 amide bonds. The van der Waals surface area contributed by atoms with Gasteiger partial charge in [-0.2, -0.15) is 0 Å². The van der Waals surface area contributed by atoms with E-state index in [0.29, 0.717) is 19.8 Å². The van der Waals surface area contributed by atoms with Crippen LogP contribution in [0.5, 0.6) is 0 Å². The Bertz CT molecular complexity index is 537. The van der Waals surface area contributed by atoms with Gasteiger partial charge < -0.3 is 19.7 Å². The highest BCUT2D eigenvalue weighted by Gasteiger charge is 2.15. The Morgan fingerprint density at radius 2 is 2.25 bits per heavy atom. The van der Waals surface area contributed by atoms with Crippen LogP contribution in [0.3, 0.4) is 0 Å². The summed E-state index contributed by atoms with van der Waals surface area (Å²) >= 11 is 0. The van der Waals surface area contributed by atoms with Crippen molar-refractivity contribution in [3.8, 4) is 0 Å². The van der Waals surface area contributed by atoms with Crippen molar-refractivity contribution in [2.45, 2.75) is 32.1 Å². The van der Waals surface area contributed by atoms with E-state index in [-0.39, 0.29) is 12.0 Å². The minimum atomic E-state index is -0.0723. The zero-order valence-corrected chi connectivity index (χ0v) is 14.7. The lowest BCUT2D eigenvalue weighted by molar-refractivity contribution is -0.116. The average molecular weight is 332 g/mol. The predicted molar refractivity (Wildman–Crippen MR) is 94.6 cm³/mol. The quantitative estimate of drug-likeness (QED) is 0.704. The van der Waals surface area contributed by atoms with Gasteiger partial charge in [-0.15, -0.1) is 0 Å². The van der Waals surface area contributed by atoms with Crippen LogP contribution >= 0.6 is 0 Å². The summed E-state index contributed by atoms with van der Waals surface area (Å²) in [7, 11) is 3.93. The Labute approximate surface area is 144 Å². The van der Waals surface area contributed by atoms with Crippen molar-refractivity contribution >= 4 is 5.91 Å². The molecule has 1 heterocycles. The monoisotopic (exact) mass is 332 g/mol. The van der Waals surface area contributed by atoms with E-state index < -0.39 is 0 Å². The third kappa shape index (κ3) is 7.25. The van der Waals surface area contributed by atoms with Crippen molar-refractivity contribution in [1.29, 1.82) is 0 Å². The van der Waals surface area contributed by atoms with E-state index in [1.54, 1.807) is 6.08 Å². The normalized spacial score (nSPS) is 17.7. The molecule has 1 saturated heterocycles. The molecule has 0 radical (unpaired) electrons. The number of nitrogens with zero attached hydrogens (tertiary/aromatic N) is 1. The van der Waals surface area contributed by atoms with Gasteiger partial charge in [0.15, 0.2) is 0 Å². The van der Waals surface area contributed by atoms with Crippen molar-refractivity contribution < 1.29 is 14.3 Å². The van der Waals surface area contributed by atoms with Gasteiger partial charge in [0.25, 0.3) is 0 Å². The lowest BCUT2D eigenvalue weighted by Crippen LogP contribution is -2.21. The van der Waals surface area contributed by atoms with Crippen LogP contribution in [-0.2, 0) is 27.4 Å². The second-order valence-electron chi connectivity index (χ2n) is 6.35. The van der Waals surface area contributed by atoms with Crippen LogP contribution < -0.4 is 5.32 Å². The number of hydrogen-bond donors (Lipinski definition) is 1. The molecule has 1 atom stereocenters. The summed E-state index contributed by atoms with van der Waals surface area (Å²) in [5.41, 5.74) is 2.19. The summed E-state index contributed by atoms with van der Waals surface area (Å²) < 4.78 is 11.3. The molecular weight excluding hydrogens is 304 g/mol. The molecule has 0 saturated carbocycles. The lowest BCUT2D eigenvalue weighted by Gasteiger charge is -2.11. The molecule has 5 nitrogen and oxygen atoms in total. The lowest BCUT2D eigenvalue weighted by atomic mass is 10.1. The number of ether oxygens (including phenoxy) is 2. The number of likely N-dealkylation sites (N-methyl/N-ethyl adjacent to an activating group) is 1. The molecule has 0 aliphatic carbocycles. The van der Waals surface area contributed by atoms with Gasteiger partial charge in [0.05, 0.1) is 19.3 Å².